The van der Waals surface area contributed by atoms with Gasteiger partial charge >= 0.3 is 0 Å². The Bertz CT molecular complexity index is 715. The largest absolute Gasteiger partial charge is 0.301 e. The van der Waals surface area contributed by atoms with Crippen LogP contribution in [0.4, 0.5) is 9.52 Å². The van der Waals surface area contributed by atoms with Crippen LogP contribution < -0.4 is 10.0 Å². The summed E-state index contributed by atoms with van der Waals surface area (Å²) in [5, 5.41) is 4.55. The maximum absolute atomic E-state index is 12.8. The second kappa shape index (κ2) is 6.29. The molecule has 0 aliphatic carbocycles. The van der Waals surface area contributed by atoms with Crippen molar-refractivity contribution >= 4 is 32.4 Å². The zero-order chi connectivity index (χ0) is 15.5. The molecule has 0 aliphatic heterocycles. The van der Waals surface area contributed by atoms with Crippen LogP contribution in [0.15, 0.2) is 40.7 Å². The predicted molar refractivity (Wildman–Crippen MR) is 76.9 cm³/mol. The molecule has 9 heteroatoms. The minimum atomic E-state index is -3.89. The van der Waals surface area contributed by atoms with E-state index in [2.05, 4.69) is 15.0 Å². The van der Waals surface area contributed by atoms with Crippen LogP contribution in [0.3, 0.4) is 0 Å². The van der Waals surface area contributed by atoms with Gasteiger partial charge in [-0.2, -0.15) is 4.72 Å². The number of thiazole rings is 1. The van der Waals surface area contributed by atoms with E-state index in [1.54, 1.807) is 5.38 Å². The minimum absolute atomic E-state index is 0.113. The lowest BCUT2D eigenvalue weighted by Crippen LogP contribution is -2.41. The average molecular weight is 329 g/mol. The van der Waals surface area contributed by atoms with Crippen molar-refractivity contribution in [3.8, 4) is 0 Å². The fraction of sp³-hybridized carbons (Fsp3) is 0.167. The zero-order valence-corrected chi connectivity index (χ0v) is 12.5. The Labute approximate surface area is 125 Å². The van der Waals surface area contributed by atoms with Gasteiger partial charge in [-0.1, -0.05) is 0 Å². The quantitative estimate of drug-likeness (QED) is 0.872. The molecule has 1 amide bonds. The van der Waals surface area contributed by atoms with Crippen LogP contribution in [0, 0.1) is 5.82 Å². The molecule has 1 aromatic heterocycles. The molecule has 0 bridgehead atoms. The first-order chi connectivity index (χ1) is 9.88. The van der Waals surface area contributed by atoms with Crippen molar-refractivity contribution in [2.75, 3.05) is 5.32 Å². The molecule has 0 saturated heterocycles. The van der Waals surface area contributed by atoms with Crippen LogP contribution >= 0.6 is 11.3 Å². The molecule has 112 valence electrons. The third-order valence-electron chi connectivity index (χ3n) is 2.51. The fourth-order valence-electron chi connectivity index (χ4n) is 1.47. The molecule has 0 spiro atoms. The second-order valence-corrected chi connectivity index (χ2v) is 6.73. The smallest absolute Gasteiger partial charge is 0.244 e. The van der Waals surface area contributed by atoms with Crippen LogP contribution in [0.5, 0.6) is 0 Å². The molecule has 21 heavy (non-hydrogen) atoms. The Morgan fingerprint density at radius 3 is 2.57 bits per heavy atom. The van der Waals surface area contributed by atoms with Gasteiger partial charge in [0.15, 0.2) is 5.13 Å². The summed E-state index contributed by atoms with van der Waals surface area (Å²) in [4.78, 5) is 15.6. The summed E-state index contributed by atoms with van der Waals surface area (Å²) in [5.74, 6) is -1.07. The highest BCUT2D eigenvalue weighted by Crippen LogP contribution is 2.12. The lowest BCUT2D eigenvalue weighted by Gasteiger charge is -2.13. The van der Waals surface area contributed by atoms with E-state index in [0.29, 0.717) is 5.13 Å². The zero-order valence-electron chi connectivity index (χ0n) is 10.9. The molecule has 2 N–H and O–H groups in total. The first-order valence-corrected chi connectivity index (χ1v) is 8.23. The summed E-state index contributed by atoms with van der Waals surface area (Å²) in [6, 6.07) is 3.33. The van der Waals surface area contributed by atoms with E-state index in [4.69, 9.17) is 0 Å². The van der Waals surface area contributed by atoms with Crippen molar-refractivity contribution in [2.24, 2.45) is 0 Å². The van der Waals surface area contributed by atoms with E-state index in [1.165, 1.54) is 24.5 Å². The van der Waals surface area contributed by atoms with Gasteiger partial charge in [-0.15, -0.1) is 11.3 Å². The number of nitrogens with zero attached hydrogens (tertiary/aromatic N) is 1. The lowest BCUT2D eigenvalue weighted by atomic mass is 10.3. The molecule has 0 fully saturated rings. The van der Waals surface area contributed by atoms with E-state index in [1.807, 2.05) is 0 Å². The SMILES string of the molecule is CC(NS(=O)(=O)c1ccc(F)cc1)C(=O)Nc1nccs1. The number of hydrogen-bond donors (Lipinski definition) is 2. The lowest BCUT2D eigenvalue weighted by molar-refractivity contribution is -0.117. The van der Waals surface area contributed by atoms with E-state index >= 15 is 0 Å². The predicted octanol–water partition coefficient (Wildman–Crippen LogP) is 1.59. The highest BCUT2D eigenvalue weighted by Gasteiger charge is 2.22. The average Bonchev–Trinajstić information content (AvgIpc) is 2.91. The maximum atomic E-state index is 12.8. The number of benzene rings is 1. The molecule has 0 radical (unpaired) electrons. The van der Waals surface area contributed by atoms with Gasteiger partial charge in [0.05, 0.1) is 10.9 Å². The van der Waals surface area contributed by atoms with Gasteiger partial charge in [-0.05, 0) is 31.2 Å². The Balaban J connectivity index is 2.05. The van der Waals surface area contributed by atoms with E-state index in [-0.39, 0.29) is 4.90 Å². The highest BCUT2D eigenvalue weighted by molar-refractivity contribution is 7.89. The molecule has 1 heterocycles. The fourth-order valence-corrected chi connectivity index (χ4v) is 3.20. The Kier molecular flexibility index (Phi) is 4.66. The number of carbonyl (C=O) groups is 1. The number of rotatable bonds is 5. The van der Waals surface area contributed by atoms with Gasteiger partial charge in [0.2, 0.25) is 15.9 Å². The molecule has 0 aliphatic rings. The van der Waals surface area contributed by atoms with Crippen molar-refractivity contribution < 1.29 is 17.6 Å². The standard InChI is InChI=1S/C12H12FN3O3S2/c1-8(11(17)15-12-14-6-7-20-12)16-21(18,19)10-4-2-9(13)3-5-10/h2-8,16H,1H3,(H,14,15,17). The molecule has 0 saturated carbocycles. The van der Waals surface area contributed by atoms with E-state index in [9.17, 15) is 17.6 Å². The molecule has 1 unspecified atom stereocenters. The van der Waals surface area contributed by atoms with Crippen molar-refractivity contribution in [1.82, 2.24) is 9.71 Å². The number of sulfonamides is 1. The molecule has 1 atom stereocenters. The minimum Gasteiger partial charge on any atom is -0.301 e. The van der Waals surface area contributed by atoms with Crippen molar-refractivity contribution in [1.29, 1.82) is 0 Å². The third kappa shape index (κ3) is 4.06. The van der Waals surface area contributed by atoms with Crippen LogP contribution in [0.2, 0.25) is 0 Å². The topological polar surface area (TPSA) is 88.2 Å². The summed E-state index contributed by atoms with van der Waals surface area (Å²) >= 11 is 1.22. The Morgan fingerprint density at radius 2 is 2.00 bits per heavy atom. The molecule has 2 aromatic rings. The first-order valence-electron chi connectivity index (χ1n) is 5.87. The third-order valence-corrected chi connectivity index (χ3v) is 4.76. The highest BCUT2D eigenvalue weighted by atomic mass is 32.2. The van der Waals surface area contributed by atoms with Gasteiger partial charge in [0.25, 0.3) is 0 Å². The van der Waals surface area contributed by atoms with Crippen molar-refractivity contribution in [3.05, 3.63) is 41.7 Å². The number of amides is 1. The number of halogens is 1. The normalized spacial score (nSPS) is 12.9. The maximum Gasteiger partial charge on any atom is 0.244 e. The van der Waals surface area contributed by atoms with Crippen molar-refractivity contribution in [3.63, 3.8) is 0 Å². The Hall–Kier alpha value is -1.84. The number of aromatic nitrogens is 1. The van der Waals surface area contributed by atoms with Crippen molar-refractivity contribution in [2.45, 2.75) is 17.9 Å². The van der Waals surface area contributed by atoms with Gasteiger partial charge < -0.3 is 5.32 Å². The molecular formula is C12H12FN3O3S2. The van der Waals surface area contributed by atoms with Gasteiger partial charge in [-0.3, -0.25) is 4.79 Å². The first kappa shape index (κ1) is 15.5. The van der Waals surface area contributed by atoms with Crippen LogP contribution in [0.25, 0.3) is 0 Å². The number of hydrogen-bond acceptors (Lipinski definition) is 5. The number of carbonyl (C=O) groups excluding carboxylic acids is 1. The second-order valence-electron chi connectivity index (χ2n) is 4.12. The monoisotopic (exact) mass is 329 g/mol. The Morgan fingerprint density at radius 1 is 1.33 bits per heavy atom. The van der Waals surface area contributed by atoms with Crippen LogP contribution in [-0.4, -0.2) is 25.4 Å². The summed E-state index contributed by atoms with van der Waals surface area (Å²) in [7, 11) is -3.89. The van der Waals surface area contributed by atoms with Crippen LogP contribution in [0.1, 0.15) is 6.92 Å². The number of anilines is 1. The summed E-state index contributed by atoms with van der Waals surface area (Å²) in [6.45, 7) is 1.41. The summed E-state index contributed by atoms with van der Waals surface area (Å²) in [5.41, 5.74) is 0. The molecule has 1 aromatic carbocycles. The summed E-state index contributed by atoms with van der Waals surface area (Å²) < 4.78 is 39.1. The molecular weight excluding hydrogens is 317 g/mol. The van der Waals surface area contributed by atoms with Crippen LogP contribution in [-0.2, 0) is 14.8 Å². The molecule has 6 nitrogen and oxygen atoms in total. The van der Waals surface area contributed by atoms with Gasteiger partial charge in [-0.25, -0.2) is 17.8 Å². The van der Waals surface area contributed by atoms with Gasteiger partial charge in [0.1, 0.15) is 5.82 Å². The number of nitrogens with one attached hydrogen (secondary N) is 2. The van der Waals surface area contributed by atoms with E-state index < -0.39 is 27.8 Å². The molecule has 2 rings (SSSR count). The van der Waals surface area contributed by atoms with E-state index in [0.717, 1.165) is 24.3 Å². The van der Waals surface area contributed by atoms with Gasteiger partial charge in [0, 0.05) is 11.6 Å². The summed E-state index contributed by atoms with van der Waals surface area (Å²) in [6.07, 6.45) is 1.52.